The zero-order valence-corrected chi connectivity index (χ0v) is 11.7. The number of hydrogen-bond donors (Lipinski definition) is 1. The molecule has 18 heavy (non-hydrogen) atoms. The lowest BCUT2D eigenvalue weighted by Gasteiger charge is -2.15. The van der Waals surface area contributed by atoms with Crippen molar-refractivity contribution in [1.82, 2.24) is 0 Å². The normalized spacial score (nSPS) is 12.4. The maximum absolute atomic E-state index is 13.2. The molecule has 0 aromatic heterocycles. The van der Waals surface area contributed by atoms with Gasteiger partial charge < -0.3 is 5.73 Å². The van der Waals surface area contributed by atoms with E-state index in [0.717, 1.165) is 21.2 Å². The van der Waals surface area contributed by atoms with Gasteiger partial charge in [0.05, 0.1) is 0 Å². The van der Waals surface area contributed by atoms with Crippen LogP contribution in [0.4, 0.5) is 4.39 Å². The molecule has 0 bridgehead atoms. The molecule has 0 saturated carbocycles. The Balaban J connectivity index is 2.24. The number of rotatable bonds is 3. The molecule has 0 radical (unpaired) electrons. The molecule has 3 heteroatoms. The molecule has 0 aliphatic rings. The smallest absolute Gasteiger partial charge is 0.123 e. The van der Waals surface area contributed by atoms with Gasteiger partial charge in [0.15, 0.2) is 0 Å². The Morgan fingerprint density at radius 2 is 1.94 bits per heavy atom. The first-order chi connectivity index (χ1) is 8.58. The first-order valence-corrected chi connectivity index (χ1v) is 6.62. The van der Waals surface area contributed by atoms with Gasteiger partial charge in [-0.2, -0.15) is 0 Å². The molecule has 2 aromatic rings. The molecule has 2 rings (SSSR count). The van der Waals surface area contributed by atoms with Crippen LogP contribution in [0.2, 0.25) is 0 Å². The predicted octanol–water partition coefficient (Wildman–Crippen LogP) is 4.14. The van der Waals surface area contributed by atoms with Gasteiger partial charge in [-0.05, 0) is 48.2 Å². The molecule has 1 atom stereocenters. The molecule has 1 unspecified atom stereocenters. The van der Waals surface area contributed by atoms with Gasteiger partial charge >= 0.3 is 0 Å². The minimum Gasteiger partial charge on any atom is -0.324 e. The third-order valence-corrected chi connectivity index (χ3v) is 3.81. The van der Waals surface area contributed by atoms with E-state index in [2.05, 4.69) is 15.9 Å². The quantitative estimate of drug-likeness (QED) is 0.906. The Hall–Kier alpha value is -1.19. The summed E-state index contributed by atoms with van der Waals surface area (Å²) in [4.78, 5) is 0. The summed E-state index contributed by atoms with van der Waals surface area (Å²) in [5.74, 6) is -0.231. The van der Waals surface area contributed by atoms with Crippen molar-refractivity contribution in [3.63, 3.8) is 0 Å². The van der Waals surface area contributed by atoms with Crippen LogP contribution < -0.4 is 5.73 Å². The summed E-state index contributed by atoms with van der Waals surface area (Å²) in [5, 5.41) is 0. The summed E-state index contributed by atoms with van der Waals surface area (Å²) >= 11 is 3.43. The molecular formula is C15H15BrFN. The van der Waals surface area contributed by atoms with Crippen molar-refractivity contribution in [2.24, 2.45) is 5.73 Å². The van der Waals surface area contributed by atoms with E-state index < -0.39 is 0 Å². The van der Waals surface area contributed by atoms with Crippen LogP contribution in [0.3, 0.4) is 0 Å². The Bertz CT molecular complexity index is 554. The van der Waals surface area contributed by atoms with Gasteiger partial charge in [-0.3, -0.25) is 0 Å². The third kappa shape index (κ3) is 2.98. The van der Waals surface area contributed by atoms with E-state index >= 15 is 0 Å². The van der Waals surface area contributed by atoms with Crippen LogP contribution in [-0.4, -0.2) is 0 Å². The zero-order valence-electron chi connectivity index (χ0n) is 10.2. The van der Waals surface area contributed by atoms with E-state index in [1.807, 2.05) is 31.2 Å². The molecule has 94 valence electrons. The molecule has 0 heterocycles. The summed E-state index contributed by atoms with van der Waals surface area (Å²) in [7, 11) is 0. The third-order valence-electron chi connectivity index (χ3n) is 3.04. The number of hydrogen-bond acceptors (Lipinski definition) is 1. The highest BCUT2D eigenvalue weighted by Gasteiger charge is 2.11. The van der Waals surface area contributed by atoms with Crippen molar-refractivity contribution in [2.75, 3.05) is 0 Å². The standard InChI is InChI=1S/C15H15BrFN/c1-10-4-2-3-5-13(10)15(18)9-11-8-12(17)6-7-14(11)16/h2-8,15H,9,18H2,1H3. The molecule has 2 aromatic carbocycles. The van der Waals surface area contributed by atoms with Gasteiger partial charge in [-0.15, -0.1) is 0 Å². The van der Waals surface area contributed by atoms with Gasteiger partial charge in [0, 0.05) is 10.5 Å². The molecule has 0 aliphatic carbocycles. The van der Waals surface area contributed by atoms with E-state index in [4.69, 9.17) is 5.73 Å². The van der Waals surface area contributed by atoms with E-state index in [9.17, 15) is 4.39 Å². The summed E-state index contributed by atoms with van der Waals surface area (Å²) in [5.41, 5.74) is 9.37. The molecule has 0 aliphatic heterocycles. The minimum absolute atomic E-state index is 0.121. The SMILES string of the molecule is Cc1ccccc1C(N)Cc1cc(F)ccc1Br. The van der Waals surface area contributed by atoms with Gasteiger partial charge in [-0.25, -0.2) is 4.39 Å². The van der Waals surface area contributed by atoms with Crippen molar-refractivity contribution >= 4 is 15.9 Å². The first kappa shape index (κ1) is 13.2. The van der Waals surface area contributed by atoms with Crippen molar-refractivity contribution in [1.29, 1.82) is 0 Å². The second-order valence-corrected chi connectivity index (χ2v) is 5.26. The Labute approximate surface area is 115 Å². The summed E-state index contributed by atoms with van der Waals surface area (Å²) in [6.07, 6.45) is 0.614. The fraction of sp³-hybridized carbons (Fsp3) is 0.200. The fourth-order valence-corrected chi connectivity index (χ4v) is 2.46. The number of benzene rings is 2. The lowest BCUT2D eigenvalue weighted by atomic mass is 9.96. The zero-order chi connectivity index (χ0) is 13.1. The number of aryl methyl sites for hydroxylation is 1. The molecule has 0 fully saturated rings. The Morgan fingerprint density at radius 1 is 1.22 bits per heavy atom. The van der Waals surface area contributed by atoms with Crippen LogP contribution in [0, 0.1) is 12.7 Å². The van der Waals surface area contributed by atoms with Crippen molar-refractivity contribution in [3.8, 4) is 0 Å². The van der Waals surface area contributed by atoms with Crippen LogP contribution in [0.15, 0.2) is 46.9 Å². The van der Waals surface area contributed by atoms with Gasteiger partial charge in [-0.1, -0.05) is 40.2 Å². The highest BCUT2D eigenvalue weighted by atomic mass is 79.9. The molecular weight excluding hydrogens is 293 g/mol. The highest BCUT2D eigenvalue weighted by molar-refractivity contribution is 9.10. The average molecular weight is 308 g/mol. The van der Waals surface area contributed by atoms with E-state index in [-0.39, 0.29) is 11.9 Å². The van der Waals surface area contributed by atoms with Gasteiger partial charge in [0.25, 0.3) is 0 Å². The summed E-state index contributed by atoms with van der Waals surface area (Å²) in [6.45, 7) is 2.04. The fourth-order valence-electron chi connectivity index (χ4n) is 2.05. The summed E-state index contributed by atoms with van der Waals surface area (Å²) in [6, 6.07) is 12.6. The molecule has 0 amide bonds. The lowest BCUT2D eigenvalue weighted by molar-refractivity contribution is 0.621. The van der Waals surface area contributed by atoms with Gasteiger partial charge in [0.2, 0.25) is 0 Å². The van der Waals surface area contributed by atoms with Crippen LogP contribution in [0.25, 0.3) is 0 Å². The van der Waals surface area contributed by atoms with Crippen molar-refractivity contribution in [2.45, 2.75) is 19.4 Å². The topological polar surface area (TPSA) is 26.0 Å². The summed E-state index contributed by atoms with van der Waals surface area (Å²) < 4.78 is 14.1. The number of halogens is 2. The van der Waals surface area contributed by atoms with E-state index in [0.29, 0.717) is 6.42 Å². The molecule has 0 saturated heterocycles. The Kier molecular flexibility index (Phi) is 4.15. The maximum Gasteiger partial charge on any atom is 0.123 e. The Morgan fingerprint density at radius 3 is 2.67 bits per heavy atom. The number of nitrogens with two attached hydrogens (primary N) is 1. The van der Waals surface area contributed by atoms with Crippen molar-refractivity contribution in [3.05, 3.63) is 69.4 Å². The molecule has 1 nitrogen and oxygen atoms in total. The second kappa shape index (κ2) is 5.63. The maximum atomic E-state index is 13.2. The lowest BCUT2D eigenvalue weighted by Crippen LogP contribution is -2.15. The van der Waals surface area contributed by atoms with Crippen LogP contribution >= 0.6 is 15.9 Å². The minimum atomic E-state index is -0.231. The largest absolute Gasteiger partial charge is 0.324 e. The first-order valence-electron chi connectivity index (χ1n) is 5.83. The molecule has 2 N–H and O–H groups in total. The van der Waals surface area contributed by atoms with E-state index in [1.165, 1.54) is 12.1 Å². The van der Waals surface area contributed by atoms with Crippen molar-refractivity contribution < 1.29 is 4.39 Å². The second-order valence-electron chi connectivity index (χ2n) is 4.40. The molecule has 0 spiro atoms. The van der Waals surface area contributed by atoms with Crippen LogP contribution in [0.5, 0.6) is 0 Å². The van der Waals surface area contributed by atoms with Crippen LogP contribution in [-0.2, 0) is 6.42 Å². The van der Waals surface area contributed by atoms with E-state index in [1.54, 1.807) is 6.07 Å². The van der Waals surface area contributed by atoms with Gasteiger partial charge in [0.1, 0.15) is 5.82 Å². The monoisotopic (exact) mass is 307 g/mol. The predicted molar refractivity (Wildman–Crippen MR) is 75.9 cm³/mol. The highest BCUT2D eigenvalue weighted by Crippen LogP contribution is 2.24. The average Bonchev–Trinajstić information content (AvgIpc) is 2.34. The van der Waals surface area contributed by atoms with Crippen LogP contribution in [0.1, 0.15) is 22.7 Å².